The molecule has 0 amide bonds. The minimum absolute atomic E-state index is 0.123. The van der Waals surface area contributed by atoms with Crippen LogP contribution in [0.5, 0.6) is 5.75 Å². The molecule has 1 aromatic carbocycles. The first kappa shape index (κ1) is 11.8. The fourth-order valence-electron chi connectivity index (χ4n) is 0.961. The van der Waals surface area contributed by atoms with E-state index in [1.54, 1.807) is 0 Å². The predicted molar refractivity (Wildman–Crippen MR) is 62.2 cm³/mol. The minimum Gasteiger partial charge on any atom is -0.492 e. The number of hydrogen-bond acceptors (Lipinski definition) is 3. The summed E-state index contributed by atoms with van der Waals surface area (Å²) in [7, 11) is 0. The van der Waals surface area contributed by atoms with Crippen molar-refractivity contribution in [1.29, 1.82) is 0 Å². The summed E-state index contributed by atoms with van der Waals surface area (Å²) in [5, 5.41) is 11.4. The zero-order valence-electron chi connectivity index (χ0n) is 8.35. The Morgan fingerprint density at radius 1 is 1.60 bits per heavy atom. The van der Waals surface area contributed by atoms with E-state index in [0.29, 0.717) is 6.61 Å². The second-order valence-electron chi connectivity index (χ2n) is 3.17. The van der Waals surface area contributed by atoms with Crippen LogP contribution in [0, 0.1) is 5.92 Å². The second-order valence-corrected chi connectivity index (χ2v) is 4.02. The van der Waals surface area contributed by atoms with Gasteiger partial charge in [-0.25, -0.2) is 0 Å². The van der Waals surface area contributed by atoms with Gasteiger partial charge in [0.2, 0.25) is 0 Å². The predicted octanol–water partition coefficient (Wildman–Crippen LogP) is 2.21. The average Bonchev–Trinajstić information content (AvgIpc) is 2.26. The van der Waals surface area contributed by atoms with Gasteiger partial charge in [-0.15, -0.1) is 0 Å². The van der Waals surface area contributed by atoms with Crippen molar-refractivity contribution >= 4 is 21.8 Å². The number of nitrogens with two attached hydrogens (primary N) is 1. The third-order valence-electron chi connectivity index (χ3n) is 1.95. The Morgan fingerprint density at radius 2 is 2.27 bits per heavy atom. The molecular formula is C10H13BrN2O2. The third-order valence-corrected chi connectivity index (χ3v) is 2.60. The van der Waals surface area contributed by atoms with Crippen LogP contribution < -0.4 is 10.5 Å². The van der Waals surface area contributed by atoms with Crippen LogP contribution in [0.3, 0.4) is 0 Å². The van der Waals surface area contributed by atoms with Crippen LogP contribution in [0.4, 0.5) is 0 Å². The summed E-state index contributed by atoms with van der Waals surface area (Å²) < 4.78 is 6.39. The van der Waals surface area contributed by atoms with Gasteiger partial charge in [-0.1, -0.05) is 24.2 Å². The number of benzene rings is 1. The standard InChI is InChI=1S/C10H13BrN2O2/c1-7(10(12)13-14)6-15-9-5-3-2-4-8(9)11/h2-5,7,14H,6H2,1H3,(H2,12,13). The van der Waals surface area contributed by atoms with Gasteiger partial charge >= 0.3 is 0 Å². The lowest BCUT2D eigenvalue weighted by molar-refractivity contribution is 0.278. The topological polar surface area (TPSA) is 67.8 Å². The highest BCUT2D eigenvalue weighted by Gasteiger charge is 2.09. The first-order chi connectivity index (χ1) is 7.15. The van der Waals surface area contributed by atoms with E-state index >= 15 is 0 Å². The van der Waals surface area contributed by atoms with Crippen molar-refractivity contribution in [3.05, 3.63) is 28.7 Å². The summed E-state index contributed by atoms with van der Waals surface area (Å²) in [6.07, 6.45) is 0. The van der Waals surface area contributed by atoms with Gasteiger partial charge in [-0.3, -0.25) is 0 Å². The van der Waals surface area contributed by atoms with Crippen LogP contribution in [-0.2, 0) is 0 Å². The average molecular weight is 273 g/mol. The van der Waals surface area contributed by atoms with E-state index in [-0.39, 0.29) is 11.8 Å². The Balaban J connectivity index is 2.54. The van der Waals surface area contributed by atoms with Crippen molar-refractivity contribution in [3.8, 4) is 5.75 Å². The van der Waals surface area contributed by atoms with E-state index in [1.807, 2.05) is 31.2 Å². The summed E-state index contributed by atoms with van der Waals surface area (Å²) in [6.45, 7) is 2.20. The molecule has 1 aromatic rings. The maximum atomic E-state index is 8.46. The molecular weight excluding hydrogens is 260 g/mol. The van der Waals surface area contributed by atoms with E-state index in [1.165, 1.54) is 0 Å². The lowest BCUT2D eigenvalue weighted by atomic mass is 10.2. The monoisotopic (exact) mass is 272 g/mol. The molecule has 0 aliphatic rings. The Morgan fingerprint density at radius 3 is 2.87 bits per heavy atom. The summed E-state index contributed by atoms with van der Waals surface area (Å²) >= 11 is 3.36. The van der Waals surface area contributed by atoms with Gasteiger partial charge in [-0.2, -0.15) is 0 Å². The number of oxime groups is 1. The van der Waals surface area contributed by atoms with Gasteiger partial charge in [0, 0.05) is 0 Å². The van der Waals surface area contributed by atoms with E-state index < -0.39 is 0 Å². The van der Waals surface area contributed by atoms with Gasteiger partial charge < -0.3 is 15.7 Å². The van der Waals surface area contributed by atoms with Crippen molar-refractivity contribution in [2.75, 3.05) is 6.61 Å². The maximum Gasteiger partial charge on any atom is 0.145 e. The van der Waals surface area contributed by atoms with Gasteiger partial charge in [0.1, 0.15) is 11.6 Å². The van der Waals surface area contributed by atoms with Gasteiger partial charge in [0.05, 0.1) is 17.0 Å². The molecule has 0 aromatic heterocycles. The SMILES string of the molecule is CC(COc1ccccc1Br)/C(N)=N/O. The van der Waals surface area contributed by atoms with Gasteiger partial charge in [-0.05, 0) is 28.1 Å². The smallest absolute Gasteiger partial charge is 0.145 e. The van der Waals surface area contributed by atoms with E-state index in [0.717, 1.165) is 10.2 Å². The maximum absolute atomic E-state index is 8.46. The largest absolute Gasteiger partial charge is 0.492 e. The zero-order chi connectivity index (χ0) is 11.3. The first-order valence-corrected chi connectivity index (χ1v) is 5.29. The van der Waals surface area contributed by atoms with Crippen molar-refractivity contribution in [2.45, 2.75) is 6.92 Å². The molecule has 5 heteroatoms. The van der Waals surface area contributed by atoms with Gasteiger partial charge in [0.15, 0.2) is 0 Å². The molecule has 1 unspecified atom stereocenters. The minimum atomic E-state index is -0.123. The second kappa shape index (κ2) is 5.60. The van der Waals surface area contributed by atoms with Crippen molar-refractivity contribution in [2.24, 2.45) is 16.8 Å². The van der Waals surface area contributed by atoms with E-state index in [2.05, 4.69) is 21.1 Å². The number of para-hydroxylation sites is 1. The number of nitrogens with zero attached hydrogens (tertiary/aromatic N) is 1. The van der Waals surface area contributed by atoms with E-state index in [9.17, 15) is 0 Å². The number of ether oxygens (including phenoxy) is 1. The third kappa shape index (κ3) is 3.43. The van der Waals surface area contributed by atoms with Crippen molar-refractivity contribution < 1.29 is 9.94 Å². The van der Waals surface area contributed by atoms with Crippen molar-refractivity contribution in [3.63, 3.8) is 0 Å². The molecule has 1 atom stereocenters. The quantitative estimate of drug-likeness (QED) is 0.382. The molecule has 1 rings (SSSR count). The molecule has 0 bridgehead atoms. The Kier molecular flexibility index (Phi) is 4.42. The first-order valence-electron chi connectivity index (χ1n) is 4.50. The number of rotatable bonds is 4. The molecule has 15 heavy (non-hydrogen) atoms. The van der Waals surface area contributed by atoms with Gasteiger partial charge in [0.25, 0.3) is 0 Å². The molecule has 0 fully saturated rings. The summed E-state index contributed by atoms with van der Waals surface area (Å²) in [6, 6.07) is 7.53. The van der Waals surface area contributed by atoms with Crippen LogP contribution >= 0.6 is 15.9 Å². The molecule has 0 aliphatic heterocycles. The number of hydrogen-bond donors (Lipinski definition) is 2. The van der Waals surface area contributed by atoms with Crippen LogP contribution in [-0.4, -0.2) is 17.6 Å². The molecule has 82 valence electrons. The fraction of sp³-hybridized carbons (Fsp3) is 0.300. The number of halogens is 1. The summed E-state index contributed by atoms with van der Waals surface area (Å²) in [5.74, 6) is 0.791. The molecule has 0 heterocycles. The number of amidine groups is 1. The molecule has 3 N–H and O–H groups in total. The Labute approximate surface area is 96.9 Å². The van der Waals surface area contributed by atoms with Crippen LogP contribution in [0.2, 0.25) is 0 Å². The highest BCUT2D eigenvalue weighted by atomic mass is 79.9. The van der Waals surface area contributed by atoms with Crippen LogP contribution in [0.25, 0.3) is 0 Å². The molecule has 0 spiro atoms. The van der Waals surface area contributed by atoms with Crippen molar-refractivity contribution in [1.82, 2.24) is 0 Å². The molecule has 0 radical (unpaired) electrons. The highest BCUT2D eigenvalue weighted by molar-refractivity contribution is 9.10. The molecule has 4 nitrogen and oxygen atoms in total. The summed E-state index contributed by atoms with van der Waals surface area (Å²) in [4.78, 5) is 0. The summed E-state index contributed by atoms with van der Waals surface area (Å²) in [5.41, 5.74) is 5.43. The molecule has 0 saturated heterocycles. The Bertz CT molecular complexity index is 355. The lowest BCUT2D eigenvalue weighted by Crippen LogP contribution is -2.26. The fourth-order valence-corrected chi connectivity index (χ4v) is 1.36. The van der Waals surface area contributed by atoms with E-state index in [4.69, 9.17) is 15.7 Å². The zero-order valence-corrected chi connectivity index (χ0v) is 9.94. The Hall–Kier alpha value is -1.23. The normalized spacial score (nSPS) is 13.6. The molecule has 0 saturated carbocycles. The highest BCUT2D eigenvalue weighted by Crippen LogP contribution is 2.24. The molecule has 0 aliphatic carbocycles. The van der Waals surface area contributed by atoms with Crippen LogP contribution in [0.1, 0.15) is 6.92 Å². The van der Waals surface area contributed by atoms with Crippen LogP contribution in [0.15, 0.2) is 33.9 Å². The lowest BCUT2D eigenvalue weighted by Gasteiger charge is -2.12.